The Morgan fingerprint density at radius 2 is 1.86 bits per heavy atom. The number of benzene rings is 2. The highest BCUT2D eigenvalue weighted by Crippen LogP contribution is 2.49. The van der Waals surface area contributed by atoms with Crippen molar-refractivity contribution >= 4 is 17.7 Å². The molecule has 0 radical (unpaired) electrons. The summed E-state index contributed by atoms with van der Waals surface area (Å²) in [4.78, 5) is 17.8. The second kappa shape index (κ2) is 9.94. The van der Waals surface area contributed by atoms with Gasteiger partial charge < -0.3 is 24.4 Å². The molecule has 6 nitrogen and oxygen atoms in total. The summed E-state index contributed by atoms with van der Waals surface area (Å²) in [6.07, 6.45) is 8.04. The third kappa shape index (κ3) is 4.64. The molecule has 0 spiro atoms. The minimum atomic E-state index is -0.696. The van der Waals surface area contributed by atoms with Crippen LogP contribution in [0.25, 0.3) is 6.08 Å². The lowest BCUT2D eigenvalue weighted by Gasteiger charge is -2.52. The van der Waals surface area contributed by atoms with E-state index in [9.17, 15) is 9.90 Å². The molecule has 2 fully saturated rings. The highest BCUT2D eigenvalue weighted by molar-refractivity contribution is 5.92. The number of carbonyl (C=O) groups excluding carboxylic acids is 1. The Morgan fingerprint density at radius 3 is 2.63 bits per heavy atom. The standard InChI is InChI=1S/C29H36N2O4/c1-3-30(4-2)23-12-10-22(11-13-23)28-24-7-5-6-16-29(24,33)17-18-31(28)27(32)15-9-21-8-14-25-26(19-21)35-20-34-25/h8-15,19,24,28,33H,3-7,16-18,20H2,1-2H3/t24-,28-,29-/m0/s1. The third-order valence-electron chi connectivity index (χ3n) is 8.03. The first-order valence-electron chi connectivity index (χ1n) is 13.0. The minimum Gasteiger partial charge on any atom is -0.454 e. The second-order valence-electron chi connectivity index (χ2n) is 9.89. The Morgan fingerprint density at radius 1 is 1.09 bits per heavy atom. The number of hydrogen-bond donors (Lipinski definition) is 1. The van der Waals surface area contributed by atoms with Crippen molar-refractivity contribution in [3.8, 4) is 11.5 Å². The fourth-order valence-corrected chi connectivity index (χ4v) is 6.09. The average Bonchev–Trinajstić information content (AvgIpc) is 3.35. The van der Waals surface area contributed by atoms with Gasteiger partial charge in [0.25, 0.3) is 0 Å². The van der Waals surface area contributed by atoms with E-state index in [0.29, 0.717) is 18.7 Å². The number of likely N-dealkylation sites (tertiary alicyclic amines) is 1. The molecule has 3 atom stereocenters. The van der Waals surface area contributed by atoms with Crippen LogP contribution in [0.15, 0.2) is 48.5 Å². The molecule has 2 heterocycles. The number of carbonyl (C=O) groups is 1. The Bertz CT molecular complexity index is 1080. The minimum absolute atomic E-state index is 0.0203. The normalized spacial score (nSPS) is 25.5. The summed E-state index contributed by atoms with van der Waals surface area (Å²) in [7, 11) is 0. The summed E-state index contributed by atoms with van der Waals surface area (Å²) in [5.74, 6) is 1.46. The maximum Gasteiger partial charge on any atom is 0.247 e. The van der Waals surface area contributed by atoms with E-state index in [-0.39, 0.29) is 24.7 Å². The molecule has 1 N–H and O–H groups in total. The van der Waals surface area contributed by atoms with Crippen LogP contribution >= 0.6 is 0 Å². The molecular weight excluding hydrogens is 440 g/mol. The average molecular weight is 477 g/mol. The van der Waals surface area contributed by atoms with Crippen LogP contribution in [0.1, 0.15) is 63.1 Å². The summed E-state index contributed by atoms with van der Waals surface area (Å²) in [6.45, 7) is 7.02. The van der Waals surface area contributed by atoms with E-state index in [1.54, 1.807) is 6.08 Å². The predicted molar refractivity (Wildman–Crippen MR) is 138 cm³/mol. The highest BCUT2D eigenvalue weighted by atomic mass is 16.7. The molecule has 6 heteroatoms. The van der Waals surface area contributed by atoms with Crippen molar-refractivity contribution in [3.05, 3.63) is 59.7 Å². The summed E-state index contributed by atoms with van der Waals surface area (Å²) >= 11 is 0. The van der Waals surface area contributed by atoms with Crippen LogP contribution < -0.4 is 14.4 Å². The lowest BCUT2D eigenvalue weighted by Crippen LogP contribution is -2.56. The molecule has 5 rings (SSSR count). The van der Waals surface area contributed by atoms with Gasteiger partial charge in [-0.05, 0) is 74.6 Å². The van der Waals surface area contributed by atoms with Crippen molar-refractivity contribution < 1.29 is 19.4 Å². The Kier molecular flexibility index (Phi) is 6.74. The van der Waals surface area contributed by atoms with E-state index in [4.69, 9.17) is 9.47 Å². The van der Waals surface area contributed by atoms with E-state index in [1.165, 1.54) is 5.69 Å². The molecular formula is C29H36N2O4. The van der Waals surface area contributed by atoms with Gasteiger partial charge in [-0.15, -0.1) is 0 Å². The zero-order chi connectivity index (χ0) is 24.4. The highest BCUT2D eigenvalue weighted by Gasteiger charge is 2.49. The first-order valence-corrected chi connectivity index (χ1v) is 13.0. The number of anilines is 1. The molecule has 1 amide bonds. The zero-order valence-corrected chi connectivity index (χ0v) is 20.8. The van der Waals surface area contributed by atoms with Gasteiger partial charge in [0.05, 0.1) is 11.6 Å². The maximum atomic E-state index is 13.5. The maximum absolute atomic E-state index is 13.5. The van der Waals surface area contributed by atoms with Gasteiger partial charge >= 0.3 is 0 Å². The molecule has 35 heavy (non-hydrogen) atoms. The van der Waals surface area contributed by atoms with Crippen LogP contribution in [0.5, 0.6) is 11.5 Å². The van der Waals surface area contributed by atoms with Crippen LogP contribution in [-0.4, -0.2) is 47.9 Å². The van der Waals surface area contributed by atoms with Crippen molar-refractivity contribution in [2.45, 2.75) is 57.6 Å². The Labute approximate surface area is 208 Å². The van der Waals surface area contributed by atoms with Crippen LogP contribution in [0.4, 0.5) is 5.69 Å². The molecule has 2 aliphatic heterocycles. The number of aliphatic hydroxyl groups is 1. The summed E-state index contributed by atoms with van der Waals surface area (Å²) in [5, 5.41) is 11.5. The third-order valence-corrected chi connectivity index (χ3v) is 8.03. The van der Waals surface area contributed by atoms with E-state index >= 15 is 0 Å². The van der Waals surface area contributed by atoms with E-state index in [0.717, 1.165) is 55.6 Å². The molecule has 186 valence electrons. The molecule has 1 aliphatic carbocycles. The Hall–Kier alpha value is -2.99. The quantitative estimate of drug-likeness (QED) is 0.583. The van der Waals surface area contributed by atoms with Crippen LogP contribution in [0, 0.1) is 5.92 Å². The first kappa shape index (κ1) is 23.7. The van der Waals surface area contributed by atoms with E-state index in [1.807, 2.05) is 29.2 Å². The largest absolute Gasteiger partial charge is 0.454 e. The second-order valence-corrected chi connectivity index (χ2v) is 9.89. The van der Waals surface area contributed by atoms with Gasteiger partial charge in [0.2, 0.25) is 12.7 Å². The number of nitrogens with zero attached hydrogens (tertiary/aromatic N) is 2. The fraction of sp³-hybridized carbons (Fsp3) is 0.483. The molecule has 2 aromatic carbocycles. The van der Waals surface area contributed by atoms with Crippen molar-refractivity contribution in [1.29, 1.82) is 0 Å². The van der Waals surface area contributed by atoms with E-state index < -0.39 is 5.60 Å². The zero-order valence-electron chi connectivity index (χ0n) is 20.8. The molecule has 0 unspecified atom stereocenters. The molecule has 0 bridgehead atoms. The lowest BCUT2D eigenvalue weighted by molar-refractivity contribution is -0.150. The van der Waals surface area contributed by atoms with Crippen molar-refractivity contribution in [2.75, 3.05) is 31.3 Å². The van der Waals surface area contributed by atoms with Gasteiger partial charge in [-0.25, -0.2) is 0 Å². The smallest absolute Gasteiger partial charge is 0.247 e. The summed E-state index contributed by atoms with van der Waals surface area (Å²) < 4.78 is 10.9. The van der Waals surface area contributed by atoms with Gasteiger partial charge in [-0.1, -0.05) is 31.0 Å². The Balaban J connectivity index is 1.42. The van der Waals surface area contributed by atoms with Crippen molar-refractivity contribution in [2.24, 2.45) is 5.92 Å². The van der Waals surface area contributed by atoms with Gasteiger partial charge in [0, 0.05) is 37.3 Å². The number of hydrogen-bond acceptors (Lipinski definition) is 5. The molecule has 1 saturated heterocycles. The van der Waals surface area contributed by atoms with Gasteiger partial charge in [0.15, 0.2) is 11.5 Å². The molecule has 0 aromatic heterocycles. The lowest BCUT2D eigenvalue weighted by atomic mass is 9.66. The monoisotopic (exact) mass is 476 g/mol. The van der Waals surface area contributed by atoms with Crippen LogP contribution in [-0.2, 0) is 4.79 Å². The summed E-state index contributed by atoms with van der Waals surface area (Å²) in [6, 6.07) is 14.2. The SMILES string of the molecule is CCN(CC)c1ccc([C@H]2[C@@H]3CCCC[C@]3(O)CCN2C(=O)C=Cc2ccc3c(c2)OCO3)cc1. The van der Waals surface area contributed by atoms with Gasteiger partial charge in [0.1, 0.15) is 0 Å². The predicted octanol–water partition coefficient (Wildman–Crippen LogP) is 5.17. The topological polar surface area (TPSA) is 62.2 Å². The number of rotatable bonds is 6. The number of ether oxygens (including phenoxy) is 2. The fourth-order valence-electron chi connectivity index (χ4n) is 6.09. The number of piperidine rings is 1. The number of fused-ring (bicyclic) bond motifs is 2. The molecule has 1 saturated carbocycles. The number of amides is 1. The first-order chi connectivity index (χ1) is 17.0. The van der Waals surface area contributed by atoms with Crippen molar-refractivity contribution in [1.82, 2.24) is 4.90 Å². The van der Waals surface area contributed by atoms with E-state index in [2.05, 4.69) is 43.0 Å². The van der Waals surface area contributed by atoms with Crippen molar-refractivity contribution in [3.63, 3.8) is 0 Å². The molecule has 2 aromatic rings. The van der Waals surface area contributed by atoms with Gasteiger partial charge in [-0.2, -0.15) is 0 Å². The van der Waals surface area contributed by atoms with Crippen LogP contribution in [0.2, 0.25) is 0 Å². The molecule has 3 aliphatic rings. The summed E-state index contributed by atoms with van der Waals surface area (Å²) in [5.41, 5.74) is 2.50. The van der Waals surface area contributed by atoms with Crippen LogP contribution in [0.3, 0.4) is 0 Å². The van der Waals surface area contributed by atoms with Gasteiger partial charge in [-0.3, -0.25) is 4.79 Å².